The fourth-order valence-electron chi connectivity index (χ4n) is 5.06. The van der Waals surface area contributed by atoms with Crippen LogP contribution in [0.3, 0.4) is 0 Å². The number of ether oxygens (including phenoxy) is 1. The largest absolute Gasteiger partial charge is 0.488 e. The molecular formula is C26H25B2FN4O2. The summed E-state index contributed by atoms with van der Waals surface area (Å²) in [6.07, 6.45) is 6.04. The second-order valence-electron chi connectivity index (χ2n) is 10.1. The van der Waals surface area contributed by atoms with Crippen molar-refractivity contribution in [1.29, 1.82) is 0 Å². The van der Waals surface area contributed by atoms with Crippen LogP contribution in [-0.4, -0.2) is 47.4 Å². The first-order valence-corrected chi connectivity index (χ1v) is 11.9. The summed E-state index contributed by atoms with van der Waals surface area (Å²) >= 11 is 0. The Morgan fingerprint density at radius 3 is 2.71 bits per heavy atom. The van der Waals surface area contributed by atoms with Crippen molar-refractivity contribution in [3.63, 3.8) is 0 Å². The average Bonchev–Trinajstić information content (AvgIpc) is 3.51. The molecule has 0 saturated heterocycles. The molecule has 9 heteroatoms. The van der Waals surface area contributed by atoms with Gasteiger partial charge in [0.05, 0.1) is 17.4 Å². The predicted molar refractivity (Wildman–Crippen MR) is 137 cm³/mol. The molecular weight excluding hydrogens is 441 g/mol. The van der Waals surface area contributed by atoms with E-state index >= 15 is 4.39 Å². The molecule has 4 aromatic rings. The molecule has 0 unspecified atom stereocenters. The summed E-state index contributed by atoms with van der Waals surface area (Å²) in [5, 5.41) is 4.91. The fraction of sp³-hybridized carbons (Fsp3) is 0.269. The normalized spacial score (nSPS) is 16.7. The second kappa shape index (κ2) is 7.70. The van der Waals surface area contributed by atoms with Gasteiger partial charge in [0.25, 0.3) is 5.91 Å². The first kappa shape index (κ1) is 21.9. The molecule has 0 radical (unpaired) electrons. The third-order valence-electron chi connectivity index (χ3n) is 7.16. The number of halogens is 1. The van der Waals surface area contributed by atoms with Crippen LogP contribution < -0.4 is 4.74 Å². The van der Waals surface area contributed by atoms with Crippen molar-refractivity contribution in [3.8, 4) is 16.9 Å². The smallest absolute Gasteiger partial charge is 0.255 e. The SMILES string of the molecule is BC1(B)c2ncccc2C(=O)N1Cc1c(C)cc(-c2ccc(OC3CC3)c3nn(C)cc23)cc1F. The van der Waals surface area contributed by atoms with Crippen molar-refractivity contribution in [2.45, 2.75) is 37.8 Å². The zero-order valence-corrected chi connectivity index (χ0v) is 20.3. The standard InChI is InChI=1S/C26H25B2FN4O2/c1-14-10-15(17-7-8-22(35-16-5-6-16)23-20(17)12-32(2)31-23)11-21(29)19(14)13-33-25(34)18-4-3-9-30-24(18)26(33,27)28/h3-4,7-12,16H,5-6,13,27-28H2,1-2H3. The minimum atomic E-state index is -0.621. The van der Waals surface area contributed by atoms with Gasteiger partial charge in [-0.05, 0) is 66.8 Å². The molecule has 1 fully saturated rings. The Labute approximate surface area is 204 Å². The van der Waals surface area contributed by atoms with Crippen LogP contribution >= 0.6 is 0 Å². The molecule has 1 amide bonds. The van der Waals surface area contributed by atoms with Crippen molar-refractivity contribution in [2.24, 2.45) is 7.05 Å². The number of rotatable bonds is 5. The van der Waals surface area contributed by atoms with Gasteiger partial charge in [-0.2, -0.15) is 5.10 Å². The summed E-state index contributed by atoms with van der Waals surface area (Å²) in [4.78, 5) is 19.3. The number of benzene rings is 2. The van der Waals surface area contributed by atoms with Gasteiger partial charge in [-0.25, -0.2) is 4.39 Å². The molecule has 6 nitrogen and oxygen atoms in total. The number of hydrogen-bond donors (Lipinski definition) is 0. The quantitative estimate of drug-likeness (QED) is 0.425. The maximum absolute atomic E-state index is 15.6. The van der Waals surface area contributed by atoms with Crippen molar-refractivity contribution in [3.05, 3.63) is 77.0 Å². The Morgan fingerprint density at radius 2 is 2.00 bits per heavy atom. The molecule has 3 heterocycles. The monoisotopic (exact) mass is 466 g/mol. The number of hydrogen-bond acceptors (Lipinski definition) is 4. The lowest BCUT2D eigenvalue weighted by Gasteiger charge is -2.33. The molecule has 6 rings (SSSR count). The van der Waals surface area contributed by atoms with E-state index in [9.17, 15) is 4.79 Å². The minimum Gasteiger partial charge on any atom is -0.488 e. The summed E-state index contributed by atoms with van der Waals surface area (Å²) in [6.45, 7) is 2.07. The highest BCUT2D eigenvalue weighted by atomic mass is 19.1. The lowest BCUT2D eigenvalue weighted by molar-refractivity contribution is 0.0729. The maximum atomic E-state index is 15.6. The molecule has 2 aromatic heterocycles. The van der Waals surface area contributed by atoms with Gasteiger partial charge in [-0.15, -0.1) is 0 Å². The van der Waals surface area contributed by atoms with Crippen LogP contribution in [0.15, 0.2) is 48.8 Å². The number of aromatic nitrogens is 3. The number of amides is 1. The van der Waals surface area contributed by atoms with Crippen molar-refractivity contribution in [1.82, 2.24) is 19.7 Å². The van der Waals surface area contributed by atoms with E-state index in [1.807, 2.05) is 54.1 Å². The molecule has 35 heavy (non-hydrogen) atoms. The van der Waals surface area contributed by atoms with Crippen LogP contribution in [0.2, 0.25) is 0 Å². The summed E-state index contributed by atoms with van der Waals surface area (Å²) in [5.74, 6) is 0.316. The molecule has 0 spiro atoms. The van der Waals surface area contributed by atoms with Gasteiger partial charge >= 0.3 is 0 Å². The Morgan fingerprint density at radius 1 is 1.20 bits per heavy atom. The highest BCUT2D eigenvalue weighted by molar-refractivity contribution is 6.42. The van der Waals surface area contributed by atoms with Crippen LogP contribution in [0.4, 0.5) is 4.39 Å². The van der Waals surface area contributed by atoms with E-state index in [0.717, 1.165) is 51.9 Å². The lowest BCUT2D eigenvalue weighted by Crippen LogP contribution is -2.45. The van der Waals surface area contributed by atoms with Crippen LogP contribution in [0.5, 0.6) is 5.75 Å². The van der Waals surface area contributed by atoms with E-state index in [2.05, 4.69) is 10.1 Å². The Hall–Kier alpha value is -3.61. The fourth-order valence-corrected chi connectivity index (χ4v) is 5.06. The van der Waals surface area contributed by atoms with Crippen molar-refractivity contribution < 1.29 is 13.9 Å². The van der Waals surface area contributed by atoms with E-state index in [0.29, 0.717) is 11.1 Å². The summed E-state index contributed by atoms with van der Waals surface area (Å²) in [7, 11) is 5.78. The van der Waals surface area contributed by atoms with E-state index < -0.39 is 5.34 Å². The number of nitrogens with zero attached hydrogens (tertiary/aromatic N) is 4. The molecule has 0 N–H and O–H groups in total. The highest BCUT2D eigenvalue weighted by Crippen LogP contribution is 2.39. The lowest BCUT2D eigenvalue weighted by atomic mass is 9.59. The molecule has 1 aliphatic heterocycles. The van der Waals surface area contributed by atoms with Gasteiger partial charge in [0.15, 0.2) is 0 Å². The van der Waals surface area contributed by atoms with Crippen LogP contribution in [0, 0.1) is 12.7 Å². The third kappa shape index (κ3) is 3.52. The average molecular weight is 466 g/mol. The zero-order valence-electron chi connectivity index (χ0n) is 20.3. The summed E-state index contributed by atoms with van der Waals surface area (Å²) in [6, 6.07) is 11.0. The molecule has 174 valence electrons. The van der Waals surface area contributed by atoms with Gasteiger partial charge in [-0.1, -0.05) is 6.07 Å². The summed E-state index contributed by atoms with van der Waals surface area (Å²) < 4.78 is 23.4. The summed E-state index contributed by atoms with van der Waals surface area (Å²) in [5.41, 5.74) is 5.08. The molecule has 0 bridgehead atoms. The van der Waals surface area contributed by atoms with Crippen molar-refractivity contribution in [2.75, 3.05) is 0 Å². The van der Waals surface area contributed by atoms with E-state index in [4.69, 9.17) is 4.74 Å². The minimum absolute atomic E-state index is 0.121. The third-order valence-corrected chi connectivity index (χ3v) is 7.16. The predicted octanol–water partition coefficient (Wildman–Crippen LogP) is 2.66. The number of carbonyl (C=O) groups is 1. The Kier molecular flexibility index (Phi) is 4.82. The molecule has 2 aliphatic rings. The molecule has 2 aromatic carbocycles. The molecule has 0 atom stereocenters. The number of aryl methyl sites for hydroxylation is 2. The number of carbonyl (C=O) groups excluding carboxylic acids is 1. The van der Waals surface area contributed by atoms with E-state index in [-0.39, 0.29) is 24.4 Å². The van der Waals surface area contributed by atoms with Gasteiger partial charge in [0, 0.05) is 42.3 Å². The Balaban J connectivity index is 1.37. The van der Waals surface area contributed by atoms with E-state index in [1.165, 1.54) is 0 Å². The first-order chi connectivity index (χ1) is 16.7. The second-order valence-corrected chi connectivity index (χ2v) is 10.1. The Bertz CT molecular complexity index is 1490. The van der Waals surface area contributed by atoms with Crippen LogP contribution in [0.25, 0.3) is 22.0 Å². The van der Waals surface area contributed by atoms with Crippen LogP contribution in [-0.2, 0) is 18.9 Å². The van der Waals surface area contributed by atoms with Crippen molar-refractivity contribution >= 4 is 32.5 Å². The van der Waals surface area contributed by atoms with Gasteiger partial charge in [0.1, 0.15) is 32.8 Å². The topological polar surface area (TPSA) is 60.3 Å². The first-order valence-electron chi connectivity index (χ1n) is 11.9. The van der Waals surface area contributed by atoms with Gasteiger partial charge in [-0.3, -0.25) is 14.5 Å². The van der Waals surface area contributed by atoms with E-state index in [1.54, 1.807) is 34.0 Å². The molecule has 1 saturated carbocycles. The highest BCUT2D eigenvalue weighted by Gasteiger charge is 2.43. The van der Waals surface area contributed by atoms with Gasteiger partial charge < -0.3 is 9.64 Å². The molecule has 1 aliphatic carbocycles. The maximum Gasteiger partial charge on any atom is 0.255 e. The zero-order chi connectivity index (χ0) is 24.5. The van der Waals surface area contributed by atoms with Crippen LogP contribution in [0.1, 0.15) is 40.0 Å². The number of pyridine rings is 1. The number of fused-ring (bicyclic) bond motifs is 2. The van der Waals surface area contributed by atoms with Gasteiger partial charge in [0.2, 0.25) is 0 Å².